The van der Waals surface area contributed by atoms with E-state index in [4.69, 9.17) is 16.3 Å². The first-order valence-corrected chi connectivity index (χ1v) is 14.9. The standard InChI is InChI=1S/C33H36F2N6O2/c1-20-15-22-7-5-9-25(28(22)16-20)26-10-11-27-30(29(26)35)37-33(43-19-23-8-6-12-39(23)4)38-31(27)40-13-14-41(32(42)21(2)34)24(18-40)17-36-3/h5,7,9-11,20,23-24H,2,6,8,12-19H2,1,4H3/t20?,23-,24-/m0/s1. The number of carbonyl (C=O) groups is 1. The van der Waals surface area contributed by atoms with Crippen molar-refractivity contribution >= 4 is 22.6 Å². The lowest BCUT2D eigenvalue weighted by Crippen LogP contribution is -2.56. The van der Waals surface area contributed by atoms with E-state index >= 15 is 4.39 Å². The third kappa shape index (κ3) is 5.54. The molecule has 0 radical (unpaired) electrons. The molecule has 224 valence electrons. The third-order valence-electron chi connectivity index (χ3n) is 9.10. The van der Waals surface area contributed by atoms with Crippen molar-refractivity contribution in [1.29, 1.82) is 0 Å². The van der Waals surface area contributed by atoms with Crippen molar-refractivity contribution in [3.8, 4) is 17.1 Å². The van der Waals surface area contributed by atoms with Gasteiger partial charge in [-0.05, 0) is 68.0 Å². The predicted molar refractivity (Wildman–Crippen MR) is 162 cm³/mol. The van der Waals surface area contributed by atoms with Crippen LogP contribution in [0.1, 0.15) is 30.9 Å². The number of piperazine rings is 1. The Morgan fingerprint density at radius 3 is 2.72 bits per heavy atom. The molecular formula is C33H36F2N6O2. The second-order valence-corrected chi connectivity index (χ2v) is 12.0. The molecule has 1 aliphatic carbocycles. The lowest BCUT2D eigenvalue weighted by Gasteiger charge is -2.39. The van der Waals surface area contributed by atoms with Gasteiger partial charge in [-0.15, -0.1) is 0 Å². The van der Waals surface area contributed by atoms with Crippen molar-refractivity contribution in [2.45, 2.75) is 44.7 Å². The number of nitrogens with zero attached hydrogens (tertiary/aromatic N) is 6. The van der Waals surface area contributed by atoms with Gasteiger partial charge < -0.3 is 24.3 Å². The van der Waals surface area contributed by atoms with Gasteiger partial charge in [-0.25, -0.2) is 15.4 Å². The molecule has 1 amide bonds. The third-order valence-corrected chi connectivity index (χ3v) is 9.10. The number of likely N-dealkylation sites (N-methyl/N-ethyl adjacent to an activating group) is 1. The minimum atomic E-state index is -1.06. The molecule has 2 aromatic carbocycles. The molecule has 8 nitrogen and oxygen atoms in total. The molecule has 3 atom stereocenters. The summed E-state index contributed by atoms with van der Waals surface area (Å²) in [5.41, 5.74) is 3.98. The number of aromatic nitrogens is 2. The van der Waals surface area contributed by atoms with Gasteiger partial charge in [0.25, 0.3) is 5.91 Å². The van der Waals surface area contributed by atoms with Gasteiger partial charge in [0.2, 0.25) is 6.54 Å². The van der Waals surface area contributed by atoms with Gasteiger partial charge >= 0.3 is 6.01 Å². The van der Waals surface area contributed by atoms with E-state index < -0.39 is 23.6 Å². The lowest BCUT2D eigenvalue weighted by atomic mass is 9.95. The molecule has 2 aliphatic heterocycles. The average Bonchev–Trinajstić information content (AvgIpc) is 3.59. The second-order valence-electron chi connectivity index (χ2n) is 12.0. The van der Waals surface area contributed by atoms with Crippen LogP contribution >= 0.6 is 0 Å². The minimum Gasteiger partial charge on any atom is -0.462 e. The minimum absolute atomic E-state index is 0.00798. The van der Waals surface area contributed by atoms with Crippen LogP contribution in [-0.4, -0.2) is 84.1 Å². The largest absolute Gasteiger partial charge is 0.462 e. The van der Waals surface area contributed by atoms with E-state index in [9.17, 15) is 9.18 Å². The molecule has 1 unspecified atom stereocenters. The van der Waals surface area contributed by atoms with Crippen LogP contribution < -0.4 is 9.64 Å². The number of amides is 1. The highest BCUT2D eigenvalue weighted by molar-refractivity contribution is 5.94. The Kier molecular flexibility index (Phi) is 8.01. The Bertz CT molecular complexity index is 1620. The van der Waals surface area contributed by atoms with Crippen LogP contribution in [-0.2, 0) is 17.6 Å². The first-order valence-electron chi connectivity index (χ1n) is 14.9. The molecular weight excluding hydrogens is 550 g/mol. The normalized spacial score (nSPS) is 22.1. The summed E-state index contributed by atoms with van der Waals surface area (Å²) in [5.74, 6) is -1.33. The number of rotatable bonds is 7. The Morgan fingerprint density at radius 1 is 1.14 bits per heavy atom. The fraction of sp³-hybridized carbons (Fsp3) is 0.455. The zero-order chi connectivity index (χ0) is 30.2. The van der Waals surface area contributed by atoms with Gasteiger partial charge in [0.05, 0.1) is 0 Å². The highest BCUT2D eigenvalue weighted by atomic mass is 19.1. The van der Waals surface area contributed by atoms with E-state index in [0.717, 1.165) is 37.8 Å². The summed E-state index contributed by atoms with van der Waals surface area (Å²) in [6.45, 7) is 14.9. The SMILES string of the molecule is [C-]#[N+]C[C@H]1CN(c2nc(OC[C@@H]3CCCN3C)nc3c(F)c(-c4cccc5c4CC(C)C5)ccc23)CCN1C(=O)C(=C)F. The number of carbonyl (C=O) groups excluding carboxylic acids is 1. The highest BCUT2D eigenvalue weighted by Crippen LogP contribution is 2.39. The lowest BCUT2D eigenvalue weighted by molar-refractivity contribution is -0.131. The summed E-state index contributed by atoms with van der Waals surface area (Å²) in [5, 5.41) is 0.517. The van der Waals surface area contributed by atoms with E-state index in [-0.39, 0.29) is 37.2 Å². The molecule has 10 heteroatoms. The Morgan fingerprint density at radius 2 is 1.98 bits per heavy atom. The van der Waals surface area contributed by atoms with E-state index in [1.807, 2.05) is 23.1 Å². The molecule has 3 aliphatic rings. The van der Waals surface area contributed by atoms with E-state index in [1.165, 1.54) is 16.0 Å². The van der Waals surface area contributed by atoms with Crippen molar-refractivity contribution in [1.82, 2.24) is 19.8 Å². The zero-order valence-electron chi connectivity index (χ0n) is 24.7. The Labute approximate surface area is 250 Å². The summed E-state index contributed by atoms with van der Waals surface area (Å²) in [4.78, 5) is 30.8. The second kappa shape index (κ2) is 11.9. The van der Waals surface area contributed by atoms with Crippen molar-refractivity contribution in [2.24, 2.45) is 5.92 Å². The molecule has 0 spiro atoms. The van der Waals surface area contributed by atoms with Gasteiger partial charge in [0.1, 0.15) is 24.0 Å². The van der Waals surface area contributed by atoms with Crippen molar-refractivity contribution in [3.63, 3.8) is 0 Å². The number of likely N-dealkylation sites (tertiary alicyclic amines) is 1. The molecule has 1 aromatic heterocycles. The fourth-order valence-electron chi connectivity index (χ4n) is 6.85. The van der Waals surface area contributed by atoms with Crippen molar-refractivity contribution in [2.75, 3.05) is 51.3 Å². The van der Waals surface area contributed by atoms with Gasteiger partial charge in [-0.1, -0.05) is 37.8 Å². The van der Waals surface area contributed by atoms with Crippen molar-refractivity contribution < 1.29 is 18.3 Å². The average molecular weight is 587 g/mol. The number of anilines is 1. The first-order chi connectivity index (χ1) is 20.7. The summed E-state index contributed by atoms with van der Waals surface area (Å²) >= 11 is 0. The van der Waals surface area contributed by atoms with Crippen LogP contribution in [0, 0.1) is 18.3 Å². The van der Waals surface area contributed by atoms with Crippen LogP contribution in [0.3, 0.4) is 0 Å². The highest BCUT2D eigenvalue weighted by Gasteiger charge is 2.35. The number of hydrogen-bond donors (Lipinski definition) is 0. The summed E-state index contributed by atoms with van der Waals surface area (Å²) in [6.07, 6.45) is 3.97. The maximum atomic E-state index is 16.6. The van der Waals surface area contributed by atoms with E-state index in [1.54, 1.807) is 6.07 Å². The Balaban J connectivity index is 1.42. The van der Waals surface area contributed by atoms with Gasteiger partial charge in [-0.2, -0.15) is 9.97 Å². The van der Waals surface area contributed by atoms with E-state index in [2.05, 4.69) is 41.3 Å². The predicted octanol–water partition coefficient (Wildman–Crippen LogP) is 5.06. The first kappa shape index (κ1) is 29.0. The van der Waals surface area contributed by atoms with Crippen molar-refractivity contribution in [3.05, 3.63) is 71.1 Å². The maximum Gasteiger partial charge on any atom is 0.319 e. The number of ether oxygens (including phenoxy) is 1. The maximum absolute atomic E-state index is 16.6. The quantitative estimate of drug-likeness (QED) is 0.285. The van der Waals surface area contributed by atoms with Gasteiger partial charge in [0.15, 0.2) is 11.6 Å². The monoisotopic (exact) mass is 586 g/mol. The fourth-order valence-corrected chi connectivity index (χ4v) is 6.85. The summed E-state index contributed by atoms with van der Waals surface area (Å²) < 4.78 is 36.5. The number of halogens is 2. The van der Waals surface area contributed by atoms with Crippen LogP contribution in [0.5, 0.6) is 6.01 Å². The molecule has 2 fully saturated rings. The molecule has 6 rings (SSSR count). The topological polar surface area (TPSA) is 66.2 Å². The number of hydrogen-bond acceptors (Lipinski definition) is 6. The number of fused-ring (bicyclic) bond motifs is 2. The molecule has 0 N–H and O–H groups in total. The van der Waals surface area contributed by atoms with Gasteiger partial charge in [0, 0.05) is 36.6 Å². The molecule has 2 saturated heterocycles. The summed E-state index contributed by atoms with van der Waals surface area (Å²) in [6, 6.07) is 9.45. The molecule has 43 heavy (non-hydrogen) atoms. The smallest absolute Gasteiger partial charge is 0.319 e. The molecule has 0 bridgehead atoms. The van der Waals surface area contributed by atoms with Crippen LogP contribution in [0.15, 0.2) is 42.7 Å². The van der Waals surface area contributed by atoms with Crippen LogP contribution in [0.25, 0.3) is 26.9 Å². The molecule has 3 heterocycles. The zero-order valence-corrected chi connectivity index (χ0v) is 24.7. The summed E-state index contributed by atoms with van der Waals surface area (Å²) in [7, 11) is 2.06. The number of benzene rings is 2. The Hall–Kier alpha value is -4.10. The molecule has 3 aromatic rings. The van der Waals surface area contributed by atoms with Gasteiger partial charge in [-0.3, -0.25) is 4.79 Å². The van der Waals surface area contributed by atoms with E-state index in [0.29, 0.717) is 35.8 Å². The van der Waals surface area contributed by atoms with Crippen LogP contribution in [0.4, 0.5) is 14.6 Å². The van der Waals surface area contributed by atoms with Crippen LogP contribution in [0.2, 0.25) is 0 Å². The molecule has 0 saturated carbocycles.